The number of aryl methyl sites for hydroxylation is 2. The van der Waals surface area contributed by atoms with Crippen LogP contribution in [0.3, 0.4) is 0 Å². The fraction of sp³-hybridized carbons (Fsp3) is 0.333. The normalized spacial score (nSPS) is 12.3. The molecule has 0 N–H and O–H groups in total. The van der Waals surface area contributed by atoms with Crippen molar-refractivity contribution in [3.8, 4) is 91.8 Å². The van der Waals surface area contributed by atoms with Crippen molar-refractivity contribution < 1.29 is 18.9 Å². The zero-order valence-electron chi connectivity index (χ0n) is 71.1. The molecule has 0 aliphatic rings. The second-order valence-electron chi connectivity index (χ2n) is 31.3. The number of allylic oxidation sites excluding steroid dienone is 6. The number of rotatable bonds is 37. The Hall–Kier alpha value is -12.1. The summed E-state index contributed by atoms with van der Waals surface area (Å²) in [6, 6.07) is 78.6. The summed E-state index contributed by atoms with van der Waals surface area (Å²) in [5, 5.41) is 45.5. The van der Waals surface area contributed by atoms with Crippen LogP contribution in [0, 0.1) is 71.0 Å². The molecule has 2 aromatic heterocycles. The Morgan fingerprint density at radius 3 is 0.915 bits per heavy atom. The highest BCUT2D eigenvalue weighted by Crippen LogP contribution is 2.43. The summed E-state index contributed by atoms with van der Waals surface area (Å²) in [6.07, 6.45) is 29.5. The third-order valence-corrected chi connectivity index (χ3v) is 23.4. The lowest BCUT2D eigenvalue weighted by Crippen LogP contribution is -2.10. The van der Waals surface area contributed by atoms with Crippen LogP contribution in [0.4, 0.5) is 0 Å². The van der Waals surface area contributed by atoms with Gasteiger partial charge in [0.05, 0.1) is 74.5 Å². The number of nitriles is 4. The summed E-state index contributed by atoms with van der Waals surface area (Å²) >= 11 is 0. The van der Waals surface area contributed by atoms with E-state index in [2.05, 4.69) is 240 Å². The lowest BCUT2D eigenvalue weighted by Gasteiger charge is -2.17. The van der Waals surface area contributed by atoms with E-state index in [1.54, 1.807) is 52.5 Å². The molecule has 118 heavy (non-hydrogen) atoms. The molecule has 0 radical (unpaired) electrons. The number of benzene rings is 10. The number of hydrogen-bond donors (Lipinski definition) is 0. The molecule has 0 fully saturated rings. The monoisotopic (exact) mass is 1560 g/mol. The molecule has 0 saturated carbocycles. The molecule has 2 heterocycles. The summed E-state index contributed by atoms with van der Waals surface area (Å²) in [5.41, 5.74) is 23.2. The molecule has 2 unspecified atom stereocenters. The number of unbranched alkanes of at least 4 members (excludes halogenated alkanes) is 11. The Bertz CT molecular complexity index is 5700. The quantitative estimate of drug-likeness (QED) is 0.0213. The fourth-order valence-corrected chi connectivity index (χ4v) is 16.3. The Balaban J connectivity index is 0.000000251. The molecular formula is C108H120N6O4. The van der Waals surface area contributed by atoms with E-state index in [9.17, 15) is 21.0 Å². The highest BCUT2D eigenvalue weighted by atomic mass is 16.5. The summed E-state index contributed by atoms with van der Waals surface area (Å²) in [7, 11) is 4.72. The van der Waals surface area contributed by atoms with Crippen molar-refractivity contribution in [1.29, 1.82) is 21.0 Å². The molecule has 2 atom stereocenters. The van der Waals surface area contributed by atoms with Crippen LogP contribution in [0.1, 0.15) is 216 Å². The third-order valence-electron chi connectivity index (χ3n) is 23.4. The zero-order valence-corrected chi connectivity index (χ0v) is 71.1. The second kappa shape index (κ2) is 43.8. The molecular weight excluding hydrogens is 1450 g/mol. The van der Waals surface area contributed by atoms with Gasteiger partial charge in [0.1, 0.15) is 23.0 Å². The van der Waals surface area contributed by atoms with E-state index in [4.69, 9.17) is 18.9 Å². The van der Waals surface area contributed by atoms with Crippen LogP contribution in [0.15, 0.2) is 206 Å². The molecule has 0 saturated heterocycles. The molecule has 10 heteroatoms. The van der Waals surface area contributed by atoms with Crippen molar-refractivity contribution >= 4 is 78.1 Å². The van der Waals surface area contributed by atoms with Gasteiger partial charge in [-0.05, 0) is 199 Å². The smallest absolute Gasteiger partial charge is 0.128 e. The Kier molecular flexibility index (Phi) is 32.7. The molecule has 12 aromatic rings. The van der Waals surface area contributed by atoms with Gasteiger partial charge in [-0.1, -0.05) is 283 Å². The average molecular weight is 1570 g/mol. The van der Waals surface area contributed by atoms with Crippen molar-refractivity contribution in [2.45, 2.75) is 198 Å². The van der Waals surface area contributed by atoms with Gasteiger partial charge in [-0.3, -0.25) is 0 Å². The fourth-order valence-electron chi connectivity index (χ4n) is 16.3. The van der Waals surface area contributed by atoms with Crippen LogP contribution in [0.25, 0.3) is 123 Å². The SMILES string of the molecule is C.C/C=C(\C#N)c1cc(OC)c(/C(C#N)=C/c2ccc(-c3ccc4c(c3)c3cc(-c5ccc(C)cc5)ccc3n4CC(CC)CCCC)cc2)cc1OC.C/C=C(\C#N)c1cc(OC)c(/C(C#N)=C/c2ccc(-c3ccc4c(c3)c3cc(-c5ccc(C)cc5)ccc3n4CC(CC)CCCC)cc2)cc1OCCCCCCCCCCCC. The standard InChI is InChI=1S/C59H69N3O2.C48H47N3O2.CH4/c1-7-11-13-14-15-16-17-18-19-20-34-64-59-39-53(58(63-6)38-52(59)46(10-4)40-60)51(41-61)35-45-24-28-48(29-25-45)50-31-33-57-55(37-50)54-36-49(47-26-22-43(5)23-27-47)30-32-56(54)62(57)42-44(9-3)21-12-8-2;1-7-10-11-33(8-2)31-51-45-22-20-38(36-16-12-32(4)13-17-36)25-43(45)44-26-39(21-23-46(44)51)37-18-14-34(15-19-37)24-40(30-50)42-28-47(52-5)41(27-48(42)53-6)35(9-3)29-49;/h10,22-33,35-39,44H,7-9,11-21,34,42H2,1-6H3;9,12-28,33H,7-8,10-11,31H2,1-6H3;1H4/b46-10+,51-35+;35-9+,40-24+;. The van der Waals surface area contributed by atoms with Crippen LogP contribution in [0.2, 0.25) is 0 Å². The first kappa shape index (κ1) is 88.3. The van der Waals surface area contributed by atoms with Crippen molar-refractivity contribution in [3.05, 3.63) is 251 Å². The molecule has 0 spiro atoms. The maximum atomic E-state index is 10.6. The largest absolute Gasteiger partial charge is 0.496 e. The zero-order chi connectivity index (χ0) is 82.7. The Labute approximate surface area is 703 Å². The summed E-state index contributed by atoms with van der Waals surface area (Å²) < 4.78 is 28.7. The number of fused-ring (bicyclic) bond motifs is 6. The van der Waals surface area contributed by atoms with Gasteiger partial charge in [0.25, 0.3) is 0 Å². The van der Waals surface area contributed by atoms with E-state index < -0.39 is 0 Å². The number of hydrogen-bond acceptors (Lipinski definition) is 8. The van der Waals surface area contributed by atoms with Crippen molar-refractivity contribution in [2.24, 2.45) is 11.8 Å². The molecule has 0 bridgehead atoms. The topological polar surface area (TPSA) is 142 Å². The summed E-state index contributed by atoms with van der Waals surface area (Å²) in [5.74, 6) is 3.37. The van der Waals surface area contributed by atoms with Crippen molar-refractivity contribution in [2.75, 3.05) is 27.9 Å². The minimum Gasteiger partial charge on any atom is -0.496 e. The lowest BCUT2D eigenvalue weighted by molar-refractivity contribution is 0.302. The van der Waals surface area contributed by atoms with Gasteiger partial charge < -0.3 is 28.1 Å². The number of ether oxygens (including phenoxy) is 4. The van der Waals surface area contributed by atoms with Gasteiger partial charge in [-0.2, -0.15) is 21.0 Å². The van der Waals surface area contributed by atoms with Crippen molar-refractivity contribution in [1.82, 2.24) is 9.13 Å². The maximum absolute atomic E-state index is 10.6. The van der Waals surface area contributed by atoms with E-state index >= 15 is 0 Å². The first-order chi connectivity index (χ1) is 57.2. The van der Waals surface area contributed by atoms with Crippen LogP contribution in [-0.4, -0.2) is 37.1 Å². The summed E-state index contributed by atoms with van der Waals surface area (Å²) in [4.78, 5) is 0. The molecule has 0 aliphatic carbocycles. The van der Waals surface area contributed by atoms with E-state index in [0.29, 0.717) is 86.0 Å². The molecule has 0 aliphatic heterocycles. The first-order valence-corrected chi connectivity index (χ1v) is 42.7. The average Bonchev–Trinajstić information content (AvgIpc) is 1.60. The Morgan fingerprint density at radius 1 is 0.339 bits per heavy atom. The molecule has 0 amide bonds. The van der Waals surface area contributed by atoms with Gasteiger partial charge in [-0.15, -0.1) is 0 Å². The second-order valence-corrected chi connectivity index (χ2v) is 31.3. The Morgan fingerprint density at radius 2 is 0.619 bits per heavy atom. The number of methoxy groups -OCH3 is 3. The molecule has 10 nitrogen and oxygen atoms in total. The number of nitrogens with zero attached hydrogens (tertiary/aromatic N) is 6. The van der Waals surface area contributed by atoms with E-state index in [-0.39, 0.29) is 7.43 Å². The van der Waals surface area contributed by atoms with E-state index in [1.807, 2.05) is 43.3 Å². The van der Waals surface area contributed by atoms with Crippen LogP contribution >= 0.6 is 0 Å². The van der Waals surface area contributed by atoms with Gasteiger partial charge in [0.15, 0.2) is 0 Å². The molecule has 12 rings (SSSR count). The minimum absolute atomic E-state index is 0. The van der Waals surface area contributed by atoms with Gasteiger partial charge in [0.2, 0.25) is 0 Å². The number of aromatic nitrogens is 2. The van der Waals surface area contributed by atoms with Crippen LogP contribution in [0.5, 0.6) is 23.0 Å². The van der Waals surface area contributed by atoms with E-state index in [0.717, 1.165) is 59.3 Å². The molecule has 606 valence electrons. The minimum atomic E-state index is 0. The highest BCUT2D eigenvalue weighted by molar-refractivity contribution is 6.12. The van der Waals surface area contributed by atoms with E-state index in [1.165, 1.54) is 180 Å². The first-order valence-electron chi connectivity index (χ1n) is 42.7. The van der Waals surface area contributed by atoms with Crippen LogP contribution < -0.4 is 18.9 Å². The predicted octanol–water partition coefficient (Wildman–Crippen LogP) is 30.3. The van der Waals surface area contributed by atoms with Crippen molar-refractivity contribution in [3.63, 3.8) is 0 Å². The summed E-state index contributed by atoms with van der Waals surface area (Å²) in [6.45, 7) is 21.9. The lowest BCUT2D eigenvalue weighted by atomic mass is 9.96. The van der Waals surface area contributed by atoms with Gasteiger partial charge in [-0.25, -0.2) is 0 Å². The van der Waals surface area contributed by atoms with Gasteiger partial charge >= 0.3 is 0 Å². The van der Waals surface area contributed by atoms with Crippen LogP contribution in [-0.2, 0) is 13.1 Å². The highest BCUT2D eigenvalue weighted by Gasteiger charge is 2.23. The third kappa shape index (κ3) is 21.4. The molecule has 10 aromatic carbocycles. The predicted molar refractivity (Wildman–Crippen MR) is 499 cm³/mol. The van der Waals surface area contributed by atoms with Gasteiger partial charge in [0, 0.05) is 79.0 Å². The maximum Gasteiger partial charge on any atom is 0.128 e.